The molecular weight excluding hydrogens is 412 g/mol. The highest BCUT2D eigenvalue weighted by Gasteiger charge is 2.31. The van der Waals surface area contributed by atoms with Gasteiger partial charge in [0.15, 0.2) is 5.13 Å². The molecule has 2 aromatic heterocycles. The lowest BCUT2D eigenvalue weighted by atomic mass is 9.95. The number of methoxy groups -OCH3 is 1. The first-order valence-electron chi connectivity index (χ1n) is 10.7. The van der Waals surface area contributed by atoms with Gasteiger partial charge in [-0.3, -0.25) is 4.79 Å². The standard InChI is InChI=1S/C22H26N6O2S/c1-30-17-3-4-18-19(15-17)31-22(25-18)28-9-5-16(6-10-28)20(29)26-11-13-27(14-12-26)21-23-7-2-8-24-21/h2-4,7-8,15-16H,5-6,9-14H2,1H3. The highest BCUT2D eigenvalue weighted by Crippen LogP contribution is 2.33. The molecule has 2 aliphatic heterocycles. The Morgan fingerprint density at radius 1 is 1.03 bits per heavy atom. The number of fused-ring (bicyclic) bond motifs is 1. The Bertz CT molecular complexity index is 1040. The molecule has 9 heteroatoms. The second kappa shape index (κ2) is 8.66. The van der Waals surface area contributed by atoms with Crippen LogP contribution >= 0.6 is 11.3 Å². The first-order chi connectivity index (χ1) is 15.2. The van der Waals surface area contributed by atoms with E-state index in [0.717, 1.165) is 79.2 Å². The highest BCUT2D eigenvalue weighted by atomic mass is 32.1. The van der Waals surface area contributed by atoms with Crippen molar-refractivity contribution in [1.82, 2.24) is 19.9 Å². The van der Waals surface area contributed by atoms with Gasteiger partial charge in [0.2, 0.25) is 11.9 Å². The van der Waals surface area contributed by atoms with E-state index in [9.17, 15) is 4.79 Å². The van der Waals surface area contributed by atoms with Gasteiger partial charge in [-0.15, -0.1) is 0 Å². The fourth-order valence-corrected chi connectivity index (χ4v) is 5.36. The van der Waals surface area contributed by atoms with Crippen molar-refractivity contribution >= 4 is 38.5 Å². The Kier molecular flexibility index (Phi) is 5.59. The molecule has 5 rings (SSSR count). The lowest BCUT2D eigenvalue weighted by Gasteiger charge is -2.38. The van der Waals surface area contributed by atoms with Crippen molar-refractivity contribution < 1.29 is 9.53 Å². The first kappa shape index (κ1) is 20.0. The van der Waals surface area contributed by atoms with Crippen molar-refractivity contribution in [2.45, 2.75) is 12.8 Å². The summed E-state index contributed by atoms with van der Waals surface area (Å²) in [6.07, 6.45) is 5.27. The summed E-state index contributed by atoms with van der Waals surface area (Å²) >= 11 is 1.69. The zero-order chi connectivity index (χ0) is 21.2. The van der Waals surface area contributed by atoms with Crippen molar-refractivity contribution in [2.24, 2.45) is 5.92 Å². The van der Waals surface area contributed by atoms with Gasteiger partial charge in [-0.25, -0.2) is 15.0 Å². The van der Waals surface area contributed by atoms with Gasteiger partial charge in [0, 0.05) is 57.6 Å². The maximum atomic E-state index is 13.1. The fourth-order valence-electron chi connectivity index (χ4n) is 4.31. The van der Waals surface area contributed by atoms with Crippen molar-refractivity contribution in [3.63, 3.8) is 0 Å². The van der Waals surface area contributed by atoms with Crippen molar-refractivity contribution in [2.75, 3.05) is 56.2 Å². The number of amides is 1. The van der Waals surface area contributed by atoms with Crippen molar-refractivity contribution in [1.29, 1.82) is 0 Å². The SMILES string of the molecule is COc1ccc2nc(N3CCC(C(=O)N4CCN(c5ncccn5)CC4)CC3)sc2c1. The topological polar surface area (TPSA) is 74.7 Å². The van der Waals surface area contributed by atoms with Crippen LogP contribution in [0.1, 0.15) is 12.8 Å². The molecule has 0 radical (unpaired) electrons. The lowest BCUT2D eigenvalue weighted by molar-refractivity contribution is -0.136. The fraction of sp³-hybridized carbons (Fsp3) is 0.455. The molecule has 1 aromatic carbocycles. The average Bonchev–Trinajstić information content (AvgIpc) is 3.28. The highest BCUT2D eigenvalue weighted by molar-refractivity contribution is 7.22. The van der Waals surface area contributed by atoms with Crippen LogP contribution in [0.3, 0.4) is 0 Å². The molecule has 8 nitrogen and oxygen atoms in total. The molecule has 4 heterocycles. The molecule has 162 valence electrons. The molecule has 0 saturated carbocycles. The Balaban J connectivity index is 1.16. The molecule has 0 N–H and O–H groups in total. The third-order valence-corrected chi connectivity index (χ3v) is 7.20. The van der Waals surface area contributed by atoms with Crippen molar-refractivity contribution in [3.05, 3.63) is 36.7 Å². The summed E-state index contributed by atoms with van der Waals surface area (Å²) < 4.78 is 6.45. The summed E-state index contributed by atoms with van der Waals surface area (Å²) in [5.41, 5.74) is 0.999. The molecule has 0 bridgehead atoms. The summed E-state index contributed by atoms with van der Waals surface area (Å²) in [7, 11) is 1.68. The van der Waals surface area contributed by atoms with Crippen LogP contribution in [-0.4, -0.2) is 72.1 Å². The minimum atomic E-state index is 0.102. The van der Waals surface area contributed by atoms with Gasteiger partial charge in [0.1, 0.15) is 5.75 Å². The van der Waals surface area contributed by atoms with Gasteiger partial charge >= 0.3 is 0 Å². The normalized spacial score (nSPS) is 17.9. The predicted octanol–water partition coefficient (Wildman–Crippen LogP) is 2.66. The van der Waals surface area contributed by atoms with Gasteiger partial charge < -0.3 is 19.4 Å². The summed E-state index contributed by atoms with van der Waals surface area (Å²) in [6.45, 7) is 4.76. The second-order valence-corrected chi connectivity index (χ2v) is 8.96. The summed E-state index contributed by atoms with van der Waals surface area (Å²) in [5, 5.41) is 1.03. The number of carbonyl (C=O) groups is 1. The number of piperazine rings is 1. The number of carbonyl (C=O) groups excluding carboxylic acids is 1. The lowest BCUT2D eigenvalue weighted by Crippen LogP contribution is -2.52. The van der Waals surface area contributed by atoms with Crippen LogP contribution in [0.4, 0.5) is 11.1 Å². The van der Waals surface area contributed by atoms with Crippen LogP contribution in [0.5, 0.6) is 5.75 Å². The summed E-state index contributed by atoms with van der Waals surface area (Å²) in [5.74, 6) is 2.00. The Morgan fingerprint density at radius 2 is 1.77 bits per heavy atom. The van der Waals surface area contributed by atoms with E-state index in [1.165, 1.54) is 0 Å². The molecule has 0 atom stereocenters. The number of piperidine rings is 1. The number of hydrogen-bond donors (Lipinski definition) is 0. The Hall–Kier alpha value is -2.94. The number of hydrogen-bond acceptors (Lipinski definition) is 8. The number of rotatable bonds is 4. The molecule has 0 spiro atoms. The summed E-state index contributed by atoms with van der Waals surface area (Å²) in [6, 6.07) is 7.80. The van der Waals surface area contributed by atoms with E-state index in [0.29, 0.717) is 5.91 Å². The van der Waals surface area contributed by atoms with Crippen LogP contribution < -0.4 is 14.5 Å². The van der Waals surface area contributed by atoms with Crippen LogP contribution in [0.25, 0.3) is 10.2 Å². The minimum Gasteiger partial charge on any atom is -0.497 e. The zero-order valence-electron chi connectivity index (χ0n) is 17.6. The maximum Gasteiger partial charge on any atom is 0.225 e. The molecule has 0 unspecified atom stereocenters. The van der Waals surface area contributed by atoms with Gasteiger partial charge in [-0.2, -0.15) is 0 Å². The van der Waals surface area contributed by atoms with E-state index in [-0.39, 0.29) is 5.92 Å². The predicted molar refractivity (Wildman–Crippen MR) is 122 cm³/mol. The smallest absolute Gasteiger partial charge is 0.225 e. The van der Waals surface area contributed by atoms with Gasteiger partial charge in [-0.1, -0.05) is 11.3 Å². The van der Waals surface area contributed by atoms with E-state index >= 15 is 0 Å². The Labute approximate surface area is 185 Å². The molecule has 0 aliphatic carbocycles. The van der Waals surface area contributed by atoms with Crippen LogP contribution in [0.15, 0.2) is 36.7 Å². The largest absolute Gasteiger partial charge is 0.497 e. The first-order valence-corrected chi connectivity index (χ1v) is 11.5. The van der Waals surface area contributed by atoms with Crippen LogP contribution in [0.2, 0.25) is 0 Å². The number of benzene rings is 1. The average molecular weight is 439 g/mol. The van der Waals surface area contributed by atoms with E-state index in [1.54, 1.807) is 30.8 Å². The van der Waals surface area contributed by atoms with Crippen LogP contribution in [0, 0.1) is 5.92 Å². The third-order valence-electron chi connectivity index (χ3n) is 6.13. The van der Waals surface area contributed by atoms with E-state index in [4.69, 9.17) is 9.72 Å². The number of aromatic nitrogens is 3. The molecule has 31 heavy (non-hydrogen) atoms. The van der Waals surface area contributed by atoms with E-state index < -0.39 is 0 Å². The molecule has 3 aromatic rings. The van der Waals surface area contributed by atoms with Gasteiger partial charge in [0.05, 0.1) is 17.3 Å². The molecule has 2 aliphatic rings. The van der Waals surface area contributed by atoms with Gasteiger partial charge in [0.25, 0.3) is 0 Å². The van der Waals surface area contributed by atoms with Crippen molar-refractivity contribution in [3.8, 4) is 5.75 Å². The molecule has 2 fully saturated rings. The molecular formula is C22H26N6O2S. The second-order valence-electron chi connectivity index (χ2n) is 7.95. The Morgan fingerprint density at radius 3 is 2.48 bits per heavy atom. The minimum absolute atomic E-state index is 0.102. The number of anilines is 2. The zero-order valence-corrected chi connectivity index (χ0v) is 18.4. The van der Waals surface area contributed by atoms with Gasteiger partial charge in [-0.05, 0) is 37.1 Å². The number of ether oxygens (including phenoxy) is 1. The quantitative estimate of drug-likeness (QED) is 0.620. The van der Waals surface area contributed by atoms with E-state index in [2.05, 4.69) is 19.8 Å². The third kappa shape index (κ3) is 4.14. The monoisotopic (exact) mass is 438 g/mol. The van der Waals surface area contributed by atoms with Crippen LogP contribution in [-0.2, 0) is 4.79 Å². The van der Waals surface area contributed by atoms with E-state index in [1.807, 2.05) is 29.2 Å². The summed E-state index contributed by atoms with van der Waals surface area (Å²) in [4.78, 5) is 33.0. The maximum absolute atomic E-state index is 13.1. The number of thiazole rings is 1. The number of nitrogens with zero attached hydrogens (tertiary/aromatic N) is 6. The molecule has 1 amide bonds. The molecule has 2 saturated heterocycles.